The monoisotopic (exact) mass is 340 g/mol. The van der Waals surface area contributed by atoms with Crippen molar-refractivity contribution in [3.05, 3.63) is 35.4 Å². The van der Waals surface area contributed by atoms with E-state index in [0.29, 0.717) is 6.54 Å². The maximum Gasteiger partial charge on any atom is 0.216 e. The lowest BCUT2D eigenvalue weighted by Gasteiger charge is -2.41. The van der Waals surface area contributed by atoms with Crippen molar-refractivity contribution >= 4 is 10.0 Å². The van der Waals surface area contributed by atoms with Gasteiger partial charge in [0.25, 0.3) is 0 Å². The molecule has 1 N–H and O–H groups in total. The fraction of sp³-hybridized carbons (Fsp3) is 0.647. The van der Waals surface area contributed by atoms with Crippen LogP contribution in [0.3, 0.4) is 0 Å². The van der Waals surface area contributed by atoms with Gasteiger partial charge in [-0.05, 0) is 38.3 Å². The minimum absolute atomic E-state index is 0.201. The predicted octanol–water partition coefficient (Wildman–Crippen LogP) is 1.78. The summed E-state index contributed by atoms with van der Waals surface area (Å²) in [6.45, 7) is 8.24. The van der Waals surface area contributed by atoms with E-state index >= 15 is 0 Å². The van der Waals surface area contributed by atoms with Crippen LogP contribution >= 0.6 is 0 Å². The van der Waals surface area contributed by atoms with Gasteiger partial charge in [0.05, 0.1) is 11.9 Å². The molecular formula is C17H28N2O3S. The van der Waals surface area contributed by atoms with Crippen LogP contribution in [-0.4, -0.2) is 50.9 Å². The summed E-state index contributed by atoms with van der Waals surface area (Å²) >= 11 is 0. The average molecular weight is 340 g/mol. The van der Waals surface area contributed by atoms with Crippen LogP contribution in [0.15, 0.2) is 24.3 Å². The Balaban J connectivity index is 2.00. The second-order valence-electron chi connectivity index (χ2n) is 6.88. The van der Waals surface area contributed by atoms with Crippen LogP contribution in [0.25, 0.3) is 0 Å². The Bertz CT molecular complexity index is 628. The molecule has 0 bridgehead atoms. The minimum Gasteiger partial charge on any atom is -0.383 e. The van der Waals surface area contributed by atoms with Gasteiger partial charge in [-0.1, -0.05) is 24.3 Å². The first-order valence-corrected chi connectivity index (χ1v) is 9.60. The maximum atomic E-state index is 12.2. The van der Waals surface area contributed by atoms with Gasteiger partial charge in [-0.25, -0.2) is 13.1 Å². The Labute approximate surface area is 140 Å². The molecule has 0 saturated carbocycles. The van der Waals surface area contributed by atoms with Crippen molar-refractivity contribution in [2.75, 3.05) is 26.8 Å². The minimum atomic E-state index is -3.36. The van der Waals surface area contributed by atoms with Crippen LogP contribution in [0.4, 0.5) is 0 Å². The molecule has 0 unspecified atom stereocenters. The summed E-state index contributed by atoms with van der Waals surface area (Å²) in [5.74, 6) is 0. The Hall–Kier alpha value is -0.950. The van der Waals surface area contributed by atoms with Crippen molar-refractivity contribution in [2.45, 2.75) is 44.5 Å². The van der Waals surface area contributed by atoms with Gasteiger partial charge in [-0.2, -0.15) is 0 Å². The highest BCUT2D eigenvalue weighted by Gasteiger charge is 2.32. The molecule has 0 fully saturated rings. The Morgan fingerprint density at radius 3 is 2.61 bits per heavy atom. The largest absolute Gasteiger partial charge is 0.383 e. The zero-order chi connectivity index (χ0) is 17.1. The van der Waals surface area contributed by atoms with E-state index in [1.807, 2.05) is 0 Å². The van der Waals surface area contributed by atoms with Crippen LogP contribution < -0.4 is 4.72 Å². The standard InChI is InChI=1S/C17H28N2O3S/c1-14(12-22-4)23(20,21)18-13-17(2,3)19-10-9-15-7-5-6-8-16(15)11-19/h5-8,14,18H,9-13H2,1-4H3/t14-/m1/s1. The number of rotatable bonds is 7. The molecule has 6 heteroatoms. The topological polar surface area (TPSA) is 58.6 Å². The molecule has 5 nitrogen and oxygen atoms in total. The summed E-state index contributed by atoms with van der Waals surface area (Å²) in [7, 11) is -1.84. The smallest absolute Gasteiger partial charge is 0.216 e. The first-order chi connectivity index (χ1) is 10.8. The lowest BCUT2D eigenvalue weighted by atomic mass is 9.94. The molecule has 1 aromatic carbocycles. The van der Waals surface area contributed by atoms with Crippen LogP contribution in [0.5, 0.6) is 0 Å². The lowest BCUT2D eigenvalue weighted by molar-refractivity contribution is 0.108. The van der Waals surface area contributed by atoms with E-state index in [-0.39, 0.29) is 12.1 Å². The molecule has 1 atom stereocenters. The van der Waals surface area contributed by atoms with Crippen molar-refractivity contribution in [2.24, 2.45) is 0 Å². The zero-order valence-corrected chi connectivity index (χ0v) is 15.3. The quantitative estimate of drug-likeness (QED) is 0.822. The number of sulfonamides is 1. The molecule has 0 amide bonds. The number of hydrogen-bond acceptors (Lipinski definition) is 4. The number of ether oxygens (including phenoxy) is 1. The van der Waals surface area contributed by atoms with E-state index in [4.69, 9.17) is 4.74 Å². The van der Waals surface area contributed by atoms with Crippen LogP contribution in [-0.2, 0) is 27.7 Å². The molecule has 0 aromatic heterocycles. The van der Waals surface area contributed by atoms with Crippen molar-refractivity contribution in [3.63, 3.8) is 0 Å². The van der Waals surface area contributed by atoms with Crippen molar-refractivity contribution in [1.29, 1.82) is 0 Å². The maximum absolute atomic E-state index is 12.2. The van der Waals surface area contributed by atoms with Crippen molar-refractivity contribution in [1.82, 2.24) is 9.62 Å². The normalized spacial score (nSPS) is 17.7. The third-order valence-corrected chi connectivity index (χ3v) is 6.37. The summed E-state index contributed by atoms with van der Waals surface area (Å²) < 4.78 is 32.2. The van der Waals surface area contributed by atoms with Gasteiger partial charge in [-0.15, -0.1) is 0 Å². The molecule has 1 aromatic rings. The predicted molar refractivity (Wildman–Crippen MR) is 92.9 cm³/mol. The van der Waals surface area contributed by atoms with Crippen LogP contribution in [0, 0.1) is 0 Å². The molecule has 0 saturated heterocycles. The zero-order valence-electron chi connectivity index (χ0n) is 14.5. The lowest BCUT2D eigenvalue weighted by Crippen LogP contribution is -2.54. The highest BCUT2D eigenvalue weighted by molar-refractivity contribution is 7.90. The van der Waals surface area contributed by atoms with Gasteiger partial charge in [0.1, 0.15) is 0 Å². The van der Waals surface area contributed by atoms with Crippen molar-refractivity contribution in [3.8, 4) is 0 Å². The Morgan fingerprint density at radius 1 is 1.30 bits per heavy atom. The Morgan fingerprint density at radius 2 is 1.96 bits per heavy atom. The van der Waals surface area contributed by atoms with E-state index < -0.39 is 15.3 Å². The molecule has 130 valence electrons. The highest BCUT2D eigenvalue weighted by Crippen LogP contribution is 2.25. The van der Waals surface area contributed by atoms with Crippen molar-refractivity contribution < 1.29 is 13.2 Å². The average Bonchev–Trinajstić information content (AvgIpc) is 2.53. The molecule has 1 aliphatic rings. The number of hydrogen-bond donors (Lipinski definition) is 1. The highest BCUT2D eigenvalue weighted by atomic mass is 32.2. The first-order valence-electron chi connectivity index (χ1n) is 8.05. The third-order valence-electron chi connectivity index (χ3n) is 4.62. The number of fused-ring (bicyclic) bond motifs is 1. The van der Waals surface area contributed by atoms with Crippen LogP contribution in [0.1, 0.15) is 31.9 Å². The molecule has 1 aliphatic heterocycles. The van der Waals surface area contributed by atoms with Crippen LogP contribution in [0.2, 0.25) is 0 Å². The molecule has 1 heterocycles. The van der Waals surface area contributed by atoms with Gasteiger partial charge in [0.15, 0.2) is 0 Å². The summed E-state index contributed by atoms with van der Waals surface area (Å²) in [6, 6.07) is 8.46. The third kappa shape index (κ3) is 4.53. The van der Waals surface area contributed by atoms with Gasteiger partial charge in [-0.3, -0.25) is 4.90 Å². The molecule has 2 rings (SSSR count). The van der Waals surface area contributed by atoms with E-state index in [1.54, 1.807) is 6.92 Å². The number of nitrogens with zero attached hydrogens (tertiary/aromatic N) is 1. The fourth-order valence-electron chi connectivity index (χ4n) is 2.87. The van der Waals surface area contributed by atoms with E-state index in [1.165, 1.54) is 18.2 Å². The molecule has 0 aliphatic carbocycles. The van der Waals surface area contributed by atoms with Gasteiger partial charge < -0.3 is 4.74 Å². The fourth-order valence-corrected chi connectivity index (χ4v) is 4.02. The van der Waals surface area contributed by atoms with E-state index in [0.717, 1.165) is 19.5 Å². The number of methoxy groups -OCH3 is 1. The van der Waals surface area contributed by atoms with Gasteiger partial charge in [0, 0.05) is 32.3 Å². The van der Waals surface area contributed by atoms with Gasteiger partial charge in [0.2, 0.25) is 10.0 Å². The first kappa shape index (κ1) is 18.4. The molecule has 0 spiro atoms. The molecular weight excluding hydrogens is 312 g/mol. The Kier molecular flexibility index (Phi) is 5.84. The summed E-state index contributed by atoms with van der Waals surface area (Å²) in [4.78, 5) is 2.35. The van der Waals surface area contributed by atoms with E-state index in [9.17, 15) is 8.42 Å². The number of nitrogens with one attached hydrogen (secondary N) is 1. The summed E-state index contributed by atoms with van der Waals surface area (Å²) in [5, 5.41) is -0.551. The SMILES string of the molecule is COC[C@@H](C)S(=O)(=O)NCC(C)(C)N1CCc2ccccc2C1. The number of benzene rings is 1. The van der Waals surface area contributed by atoms with E-state index in [2.05, 4.69) is 47.7 Å². The molecule has 0 radical (unpaired) electrons. The second-order valence-corrected chi connectivity index (χ2v) is 9.07. The molecule has 23 heavy (non-hydrogen) atoms. The van der Waals surface area contributed by atoms with Gasteiger partial charge >= 0.3 is 0 Å². The summed E-state index contributed by atoms with van der Waals surface area (Å²) in [6.07, 6.45) is 1.01. The second kappa shape index (κ2) is 7.30. The summed E-state index contributed by atoms with van der Waals surface area (Å²) in [5.41, 5.74) is 2.49.